The van der Waals surface area contributed by atoms with Gasteiger partial charge in [0.2, 0.25) is 0 Å². The number of nitrogens with zero attached hydrogens (tertiary/aromatic N) is 2. The van der Waals surface area contributed by atoms with Gasteiger partial charge >= 0.3 is 0 Å². The van der Waals surface area contributed by atoms with Gasteiger partial charge in [-0.15, -0.1) is 0 Å². The lowest BCUT2D eigenvalue weighted by molar-refractivity contribution is 0.163. The van der Waals surface area contributed by atoms with E-state index in [2.05, 4.69) is 44.0 Å². The van der Waals surface area contributed by atoms with Crippen molar-refractivity contribution in [1.82, 2.24) is 10.2 Å². The van der Waals surface area contributed by atoms with Crippen molar-refractivity contribution in [3.8, 4) is 6.07 Å². The molecule has 0 bridgehead atoms. The van der Waals surface area contributed by atoms with Gasteiger partial charge in [0.25, 0.3) is 0 Å². The van der Waals surface area contributed by atoms with Crippen molar-refractivity contribution < 1.29 is 0 Å². The molecule has 1 aliphatic carbocycles. The number of rotatable bonds is 6. The summed E-state index contributed by atoms with van der Waals surface area (Å²) in [5, 5.41) is 13.1. The monoisotopic (exact) mass is 251 g/mol. The van der Waals surface area contributed by atoms with E-state index in [9.17, 15) is 5.26 Å². The van der Waals surface area contributed by atoms with Crippen molar-refractivity contribution in [2.24, 2.45) is 11.8 Å². The highest BCUT2D eigenvalue weighted by molar-refractivity contribution is 5.12. The molecule has 0 saturated heterocycles. The van der Waals surface area contributed by atoms with Crippen LogP contribution in [0.1, 0.15) is 47.0 Å². The van der Waals surface area contributed by atoms with Gasteiger partial charge < -0.3 is 4.90 Å². The van der Waals surface area contributed by atoms with Crippen LogP contribution >= 0.6 is 0 Å². The van der Waals surface area contributed by atoms with Crippen LogP contribution in [0.5, 0.6) is 0 Å². The number of nitriles is 1. The average molecular weight is 251 g/mol. The minimum absolute atomic E-state index is 0.287. The van der Waals surface area contributed by atoms with Gasteiger partial charge in [0.1, 0.15) is 5.54 Å². The Balaban J connectivity index is 2.52. The maximum Gasteiger partial charge on any atom is 0.109 e. The van der Waals surface area contributed by atoms with Crippen molar-refractivity contribution in [2.45, 2.75) is 52.5 Å². The topological polar surface area (TPSA) is 39.1 Å². The van der Waals surface area contributed by atoms with E-state index >= 15 is 0 Å². The molecule has 3 nitrogen and oxygen atoms in total. The Morgan fingerprint density at radius 3 is 2.50 bits per heavy atom. The molecule has 0 aromatic heterocycles. The smallest absolute Gasteiger partial charge is 0.109 e. The molecule has 18 heavy (non-hydrogen) atoms. The summed E-state index contributed by atoms with van der Waals surface area (Å²) in [6, 6.07) is 2.58. The van der Waals surface area contributed by atoms with Crippen LogP contribution in [-0.2, 0) is 0 Å². The Bertz CT molecular complexity index is 280. The minimum Gasteiger partial charge on any atom is -0.303 e. The Morgan fingerprint density at radius 2 is 1.94 bits per heavy atom. The van der Waals surface area contributed by atoms with Crippen LogP contribution in [0, 0.1) is 23.2 Å². The molecule has 0 radical (unpaired) electrons. The summed E-state index contributed by atoms with van der Waals surface area (Å²) in [6.07, 6.45) is 3.44. The van der Waals surface area contributed by atoms with Gasteiger partial charge in [0, 0.05) is 13.1 Å². The molecule has 3 unspecified atom stereocenters. The lowest BCUT2D eigenvalue weighted by atomic mass is 9.70. The normalized spacial score (nSPS) is 32.4. The van der Waals surface area contributed by atoms with E-state index in [1.54, 1.807) is 0 Å². The first-order chi connectivity index (χ1) is 8.57. The summed E-state index contributed by atoms with van der Waals surface area (Å²) in [5.74, 6) is 1.14. The molecule has 0 spiro atoms. The zero-order valence-corrected chi connectivity index (χ0v) is 12.5. The van der Waals surface area contributed by atoms with E-state index in [4.69, 9.17) is 0 Å². The summed E-state index contributed by atoms with van der Waals surface area (Å²) in [7, 11) is 0. The van der Waals surface area contributed by atoms with Crippen molar-refractivity contribution in [1.29, 1.82) is 5.26 Å². The Labute approximate surface area is 113 Å². The van der Waals surface area contributed by atoms with E-state index in [-0.39, 0.29) is 5.54 Å². The quantitative estimate of drug-likeness (QED) is 0.789. The van der Waals surface area contributed by atoms with E-state index in [1.807, 2.05) is 0 Å². The summed E-state index contributed by atoms with van der Waals surface area (Å²) < 4.78 is 0. The molecule has 0 aliphatic heterocycles. The second-order valence-electron chi connectivity index (χ2n) is 5.82. The first kappa shape index (κ1) is 15.5. The van der Waals surface area contributed by atoms with Gasteiger partial charge in [-0.3, -0.25) is 5.32 Å². The number of hydrogen-bond acceptors (Lipinski definition) is 3. The van der Waals surface area contributed by atoms with Crippen LogP contribution < -0.4 is 5.32 Å². The molecule has 0 aromatic carbocycles. The van der Waals surface area contributed by atoms with Gasteiger partial charge in [-0.05, 0) is 37.8 Å². The average Bonchev–Trinajstić information content (AvgIpc) is 2.38. The molecule has 1 fully saturated rings. The fraction of sp³-hybridized carbons (Fsp3) is 0.933. The lowest BCUT2D eigenvalue weighted by Crippen LogP contribution is -2.54. The maximum absolute atomic E-state index is 9.58. The molecule has 0 heterocycles. The molecular formula is C15H29N3. The molecule has 0 aromatic rings. The molecule has 0 amide bonds. The van der Waals surface area contributed by atoms with E-state index in [0.29, 0.717) is 11.8 Å². The molecule has 3 heteroatoms. The van der Waals surface area contributed by atoms with E-state index in [1.165, 1.54) is 12.8 Å². The van der Waals surface area contributed by atoms with Crippen LogP contribution in [0.25, 0.3) is 0 Å². The van der Waals surface area contributed by atoms with Crippen LogP contribution in [0.2, 0.25) is 0 Å². The molecular weight excluding hydrogens is 222 g/mol. The molecule has 104 valence electrons. The zero-order valence-electron chi connectivity index (χ0n) is 12.5. The Morgan fingerprint density at radius 1 is 1.28 bits per heavy atom. The van der Waals surface area contributed by atoms with Crippen molar-refractivity contribution in [3.63, 3.8) is 0 Å². The predicted octanol–water partition coefficient (Wildman–Crippen LogP) is 2.64. The molecule has 1 saturated carbocycles. The SMILES string of the molecule is CCN(CC)CCNC1(C#N)CC(C)CCC1C. The summed E-state index contributed by atoms with van der Waals surface area (Å²) in [4.78, 5) is 2.40. The summed E-state index contributed by atoms with van der Waals surface area (Å²) >= 11 is 0. The molecule has 1 rings (SSSR count). The van der Waals surface area contributed by atoms with Gasteiger partial charge in [-0.1, -0.05) is 34.1 Å². The predicted molar refractivity (Wildman–Crippen MR) is 76.3 cm³/mol. The zero-order chi connectivity index (χ0) is 13.6. The maximum atomic E-state index is 9.58. The van der Waals surface area contributed by atoms with Crippen molar-refractivity contribution in [2.75, 3.05) is 26.2 Å². The van der Waals surface area contributed by atoms with Crippen LogP contribution in [-0.4, -0.2) is 36.6 Å². The second-order valence-corrected chi connectivity index (χ2v) is 5.82. The van der Waals surface area contributed by atoms with Gasteiger partial charge in [0.15, 0.2) is 0 Å². The molecule has 1 N–H and O–H groups in total. The third kappa shape index (κ3) is 3.70. The van der Waals surface area contributed by atoms with Crippen LogP contribution in [0.15, 0.2) is 0 Å². The highest BCUT2D eigenvalue weighted by Crippen LogP contribution is 2.36. The Hall–Kier alpha value is -0.590. The van der Waals surface area contributed by atoms with Crippen molar-refractivity contribution >= 4 is 0 Å². The van der Waals surface area contributed by atoms with Gasteiger partial charge in [0.05, 0.1) is 6.07 Å². The summed E-state index contributed by atoms with van der Waals surface area (Å²) in [6.45, 7) is 13.0. The van der Waals surface area contributed by atoms with Crippen LogP contribution in [0.3, 0.4) is 0 Å². The highest BCUT2D eigenvalue weighted by atomic mass is 15.1. The van der Waals surface area contributed by atoms with Crippen molar-refractivity contribution in [3.05, 3.63) is 0 Å². The van der Waals surface area contributed by atoms with Crippen LogP contribution in [0.4, 0.5) is 0 Å². The fourth-order valence-corrected chi connectivity index (χ4v) is 3.05. The minimum atomic E-state index is -0.287. The summed E-state index contributed by atoms with van der Waals surface area (Å²) in [5.41, 5.74) is -0.287. The molecule has 3 atom stereocenters. The Kier molecular flexibility index (Phi) is 6.11. The highest BCUT2D eigenvalue weighted by Gasteiger charge is 2.40. The van der Waals surface area contributed by atoms with Gasteiger partial charge in [-0.25, -0.2) is 0 Å². The number of likely N-dealkylation sites (N-methyl/N-ethyl adjacent to an activating group) is 1. The fourth-order valence-electron chi connectivity index (χ4n) is 3.05. The lowest BCUT2D eigenvalue weighted by Gasteiger charge is -2.41. The molecule has 1 aliphatic rings. The van der Waals surface area contributed by atoms with E-state index in [0.717, 1.165) is 32.6 Å². The standard InChI is InChI=1S/C15H29N3/c1-5-18(6-2)10-9-17-15(12-16)11-13(3)7-8-14(15)4/h13-14,17H,5-11H2,1-4H3. The number of nitrogens with one attached hydrogen (secondary N) is 1. The van der Waals surface area contributed by atoms with Gasteiger partial charge in [-0.2, -0.15) is 5.26 Å². The third-order valence-electron chi connectivity index (χ3n) is 4.57. The number of hydrogen-bond donors (Lipinski definition) is 1. The third-order valence-corrected chi connectivity index (χ3v) is 4.57. The van der Waals surface area contributed by atoms with E-state index < -0.39 is 0 Å². The second kappa shape index (κ2) is 7.11. The first-order valence-electron chi connectivity index (χ1n) is 7.46. The largest absolute Gasteiger partial charge is 0.303 e. The first-order valence-corrected chi connectivity index (χ1v) is 7.46.